The molecule has 0 aliphatic carbocycles. The summed E-state index contributed by atoms with van der Waals surface area (Å²) in [5.41, 5.74) is 3.75. The lowest BCUT2D eigenvalue weighted by molar-refractivity contribution is 0.373. The zero-order valence-corrected chi connectivity index (χ0v) is 10.1. The molecule has 1 aromatic heterocycles. The van der Waals surface area contributed by atoms with Crippen LogP contribution in [-0.2, 0) is 0 Å². The molecule has 1 unspecified atom stereocenters. The van der Waals surface area contributed by atoms with Crippen LogP contribution in [0.5, 0.6) is 0 Å². The summed E-state index contributed by atoms with van der Waals surface area (Å²) in [4.78, 5) is 0. The van der Waals surface area contributed by atoms with Gasteiger partial charge in [-0.25, -0.2) is 0 Å². The minimum absolute atomic E-state index is 0.0844. The van der Waals surface area contributed by atoms with E-state index in [0.29, 0.717) is 11.1 Å². The van der Waals surface area contributed by atoms with Crippen molar-refractivity contribution in [2.75, 3.05) is 0 Å². The van der Waals surface area contributed by atoms with E-state index >= 15 is 0 Å². The van der Waals surface area contributed by atoms with E-state index in [1.807, 2.05) is 6.07 Å². The molecule has 0 bridgehead atoms. The van der Waals surface area contributed by atoms with E-state index in [9.17, 15) is 0 Å². The Balaban J connectivity index is 2.68. The molecule has 1 atom stereocenters. The highest BCUT2D eigenvalue weighted by Crippen LogP contribution is 2.29. The molecular weight excluding hydrogens is 212 g/mol. The van der Waals surface area contributed by atoms with Crippen molar-refractivity contribution >= 4 is 11.6 Å². The molecule has 3 N–H and O–H groups in total. The van der Waals surface area contributed by atoms with Crippen LogP contribution in [0.25, 0.3) is 0 Å². The van der Waals surface area contributed by atoms with Gasteiger partial charge in [0.1, 0.15) is 0 Å². The van der Waals surface area contributed by atoms with E-state index in [2.05, 4.69) is 19.3 Å². The average molecular weight is 231 g/mol. The normalized spacial score (nSPS) is 13.4. The monoisotopic (exact) mass is 230 g/mol. The second-order valence-electron chi connectivity index (χ2n) is 3.79. The van der Waals surface area contributed by atoms with Crippen molar-refractivity contribution in [1.82, 2.24) is 5.43 Å². The molecule has 0 saturated carbocycles. The quantitative estimate of drug-likeness (QED) is 0.583. The van der Waals surface area contributed by atoms with Gasteiger partial charge in [0.25, 0.3) is 0 Å². The van der Waals surface area contributed by atoms with Crippen LogP contribution in [-0.4, -0.2) is 0 Å². The summed E-state index contributed by atoms with van der Waals surface area (Å²) in [6.07, 6.45) is 4.89. The van der Waals surface area contributed by atoms with Gasteiger partial charge in [0.2, 0.25) is 0 Å². The van der Waals surface area contributed by atoms with Crippen LogP contribution in [0, 0.1) is 5.92 Å². The summed E-state index contributed by atoms with van der Waals surface area (Å²) in [6, 6.07) is 1.95. The first kappa shape index (κ1) is 12.6. The Bertz CT molecular complexity index is 284. The van der Waals surface area contributed by atoms with Crippen molar-refractivity contribution in [1.29, 1.82) is 0 Å². The highest BCUT2D eigenvalue weighted by Gasteiger charge is 2.18. The molecule has 0 fully saturated rings. The van der Waals surface area contributed by atoms with Crippen LogP contribution in [0.2, 0.25) is 5.22 Å². The van der Waals surface area contributed by atoms with E-state index in [1.54, 1.807) is 6.26 Å². The summed E-state index contributed by atoms with van der Waals surface area (Å²) >= 11 is 5.92. The van der Waals surface area contributed by atoms with Gasteiger partial charge in [0.15, 0.2) is 5.22 Å². The summed E-state index contributed by atoms with van der Waals surface area (Å²) in [5.74, 6) is 6.20. The van der Waals surface area contributed by atoms with E-state index in [0.717, 1.165) is 24.8 Å². The van der Waals surface area contributed by atoms with E-state index < -0.39 is 0 Å². The topological polar surface area (TPSA) is 51.2 Å². The summed E-state index contributed by atoms with van der Waals surface area (Å²) in [7, 11) is 0. The van der Waals surface area contributed by atoms with Crippen LogP contribution in [0.3, 0.4) is 0 Å². The van der Waals surface area contributed by atoms with Crippen LogP contribution < -0.4 is 11.3 Å². The maximum atomic E-state index is 5.92. The third-order valence-corrected chi connectivity index (χ3v) is 3.25. The fraction of sp³-hybridized carbons (Fsp3) is 0.636. The maximum Gasteiger partial charge on any atom is 0.197 e. The van der Waals surface area contributed by atoms with Crippen molar-refractivity contribution in [3.8, 4) is 0 Å². The number of halogens is 1. The van der Waals surface area contributed by atoms with Gasteiger partial charge in [-0.15, -0.1) is 0 Å². The van der Waals surface area contributed by atoms with Crippen molar-refractivity contribution in [3.05, 3.63) is 23.1 Å². The summed E-state index contributed by atoms with van der Waals surface area (Å²) in [5, 5.41) is 0.434. The number of furan rings is 1. The van der Waals surface area contributed by atoms with Gasteiger partial charge in [0, 0.05) is 5.56 Å². The standard InChI is InChI=1S/C11H19ClN2O/c1-3-8(4-2)7-10(14-13)9-5-6-15-11(9)12/h5-6,8,10,14H,3-4,7,13H2,1-2H3. The first-order valence-corrected chi connectivity index (χ1v) is 5.79. The molecule has 3 nitrogen and oxygen atoms in total. The molecule has 0 radical (unpaired) electrons. The van der Waals surface area contributed by atoms with Gasteiger partial charge >= 0.3 is 0 Å². The Hall–Kier alpha value is -0.510. The molecule has 86 valence electrons. The highest BCUT2D eigenvalue weighted by molar-refractivity contribution is 6.29. The maximum absolute atomic E-state index is 5.92. The number of hydrogen-bond acceptors (Lipinski definition) is 3. The molecule has 1 heterocycles. The van der Waals surface area contributed by atoms with Gasteiger partial charge in [0.05, 0.1) is 12.3 Å². The molecular formula is C11H19ClN2O. The summed E-state index contributed by atoms with van der Waals surface area (Å²) in [6.45, 7) is 4.39. The molecule has 0 aliphatic heterocycles. The Morgan fingerprint density at radius 3 is 2.53 bits per heavy atom. The van der Waals surface area contributed by atoms with Gasteiger partial charge in [-0.05, 0) is 30.0 Å². The lowest BCUT2D eigenvalue weighted by Gasteiger charge is -2.20. The molecule has 15 heavy (non-hydrogen) atoms. The number of hydrogen-bond donors (Lipinski definition) is 2. The molecule has 0 saturated heterocycles. The van der Waals surface area contributed by atoms with Crippen molar-refractivity contribution in [2.24, 2.45) is 11.8 Å². The largest absolute Gasteiger partial charge is 0.453 e. The SMILES string of the molecule is CCC(CC)CC(NN)c1ccoc1Cl. The fourth-order valence-corrected chi connectivity index (χ4v) is 2.04. The Kier molecular flexibility index (Phi) is 5.15. The minimum atomic E-state index is 0.0844. The van der Waals surface area contributed by atoms with Gasteiger partial charge in [-0.2, -0.15) is 0 Å². The fourth-order valence-electron chi connectivity index (χ4n) is 1.79. The Morgan fingerprint density at radius 2 is 2.13 bits per heavy atom. The average Bonchev–Trinajstić information content (AvgIpc) is 2.67. The molecule has 0 amide bonds. The minimum Gasteiger partial charge on any atom is -0.453 e. The van der Waals surface area contributed by atoms with Gasteiger partial charge in [-0.3, -0.25) is 11.3 Å². The second kappa shape index (κ2) is 6.16. The lowest BCUT2D eigenvalue weighted by Crippen LogP contribution is -2.29. The first-order valence-electron chi connectivity index (χ1n) is 5.41. The zero-order valence-electron chi connectivity index (χ0n) is 9.29. The van der Waals surface area contributed by atoms with Crippen molar-refractivity contribution < 1.29 is 4.42 Å². The molecule has 4 heteroatoms. The predicted octanol–water partition coefficient (Wildman–Crippen LogP) is 3.26. The molecule has 0 aliphatic rings. The van der Waals surface area contributed by atoms with Crippen molar-refractivity contribution in [2.45, 2.75) is 39.2 Å². The first-order chi connectivity index (χ1) is 7.22. The van der Waals surface area contributed by atoms with Crippen LogP contribution >= 0.6 is 11.6 Å². The van der Waals surface area contributed by atoms with Crippen molar-refractivity contribution in [3.63, 3.8) is 0 Å². The summed E-state index contributed by atoms with van der Waals surface area (Å²) < 4.78 is 5.07. The highest BCUT2D eigenvalue weighted by atomic mass is 35.5. The number of nitrogens with one attached hydrogen (secondary N) is 1. The molecule has 0 spiro atoms. The van der Waals surface area contributed by atoms with E-state index in [-0.39, 0.29) is 6.04 Å². The third kappa shape index (κ3) is 3.23. The number of hydrazine groups is 1. The van der Waals surface area contributed by atoms with Crippen LogP contribution in [0.15, 0.2) is 16.7 Å². The number of rotatable bonds is 6. The molecule has 1 rings (SSSR count). The zero-order chi connectivity index (χ0) is 11.3. The second-order valence-corrected chi connectivity index (χ2v) is 4.13. The van der Waals surface area contributed by atoms with Crippen LogP contribution in [0.1, 0.15) is 44.7 Å². The Morgan fingerprint density at radius 1 is 1.47 bits per heavy atom. The predicted molar refractivity (Wildman–Crippen MR) is 62.5 cm³/mol. The van der Waals surface area contributed by atoms with Crippen LogP contribution in [0.4, 0.5) is 0 Å². The molecule has 1 aromatic rings. The van der Waals surface area contributed by atoms with E-state index in [4.69, 9.17) is 21.9 Å². The Labute approximate surface area is 95.9 Å². The smallest absolute Gasteiger partial charge is 0.197 e. The van der Waals surface area contributed by atoms with Gasteiger partial charge < -0.3 is 4.42 Å². The third-order valence-electron chi connectivity index (χ3n) is 2.95. The molecule has 0 aromatic carbocycles. The van der Waals surface area contributed by atoms with Gasteiger partial charge in [-0.1, -0.05) is 26.7 Å². The number of nitrogens with two attached hydrogens (primary N) is 1. The lowest BCUT2D eigenvalue weighted by atomic mass is 9.92. The van der Waals surface area contributed by atoms with E-state index in [1.165, 1.54) is 0 Å².